The van der Waals surface area contributed by atoms with Gasteiger partial charge in [0.1, 0.15) is 0 Å². The standard InChI is InChI=1S/C16H23NO2/c1-16(2,3)14-6-4-12(5-7-14)8-9-17-10-13(11-17)15(18)19/h4-7,13H,8-11H2,1-3H3,(H,18,19). The van der Waals surface area contributed by atoms with E-state index in [2.05, 4.69) is 49.9 Å². The van der Waals surface area contributed by atoms with Gasteiger partial charge in [-0.1, -0.05) is 45.0 Å². The molecule has 3 nitrogen and oxygen atoms in total. The summed E-state index contributed by atoms with van der Waals surface area (Å²) in [4.78, 5) is 12.9. The first kappa shape index (κ1) is 14.1. The molecule has 1 heterocycles. The minimum Gasteiger partial charge on any atom is -0.481 e. The molecule has 1 saturated heterocycles. The van der Waals surface area contributed by atoms with E-state index in [1.165, 1.54) is 11.1 Å². The van der Waals surface area contributed by atoms with Gasteiger partial charge in [0.25, 0.3) is 0 Å². The summed E-state index contributed by atoms with van der Waals surface area (Å²) in [7, 11) is 0. The molecule has 0 bridgehead atoms. The predicted octanol–water partition coefficient (Wildman–Crippen LogP) is 2.54. The molecule has 0 unspecified atom stereocenters. The van der Waals surface area contributed by atoms with Crippen LogP contribution in [0.5, 0.6) is 0 Å². The monoisotopic (exact) mass is 261 g/mol. The van der Waals surface area contributed by atoms with Crippen molar-refractivity contribution in [2.75, 3.05) is 19.6 Å². The Labute approximate surface area is 115 Å². The Morgan fingerprint density at radius 3 is 2.32 bits per heavy atom. The van der Waals surface area contributed by atoms with Crippen LogP contribution in [-0.2, 0) is 16.6 Å². The van der Waals surface area contributed by atoms with Gasteiger partial charge in [-0.15, -0.1) is 0 Å². The van der Waals surface area contributed by atoms with Crippen molar-refractivity contribution in [3.63, 3.8) is 0 Å². The maximum absolute atomic E-state index is 10.7. The summed E-state index contributed by atoms with van der Waals surface area (Å²) >= 11 is 0. The Balaban J connectivity index is 1.80. The zero-order chi connectivity index (χ0) is 14.0. The number of carboxylic acids is 1. The summed E-state index contributed by atoms with van der Waals surface area (Å²) in [5.74, 6) is -0.811. The van der Waals surface area contributed by atoms with Gasteiger partial charge >= 0.3 is 5.97 Å². The van der Waals surface area contributed by atoms with Crippen LogP contribution in [0.4, 0.5) is 0 Å². The highest BCUT2D eigenvalue weighted by Gasteiger charge is 2.31. The lowest BCUT2D eigenvalue weighted by atomic mass is 9.86. The molecular formula is C16H23NO2. The molecule has 104 valence electrons. The van der Waals surface area contributed by atoms with E-state index in [0.717, 1.165) is 13.0 Å². The van der Waals surface area contributed by atoms with Crippen molar-refractivity contribution < 1.29 is 9.90 Å². The van der Waals surface area contributed by atoms with Gasteiger partial charge in [-0.2, -0.15) is 0 Å². The zero-order valence-corrected chi connectivity index (χ0v) is 12.0. The van der Waals surface area contributed by atoms with Crippen molar-refractivity contribution in [2.24, 2.45) is 5.92 Å². The highest BCUT2D eigenvalue weighted by Crippen LogP contribution is 2.22. The first-order chi connectivity index (χ1) is 8.86. The van der Waals surface area contributed by atoms with Crippen LogP contribution in [0.15, 0.2) is 24.3 Å². The molecule has 2 rings (SSSR count). The minimum atomic E-state index is -0.661. The summed E-state index contributed by atoms with van der Waals surface area (Å²) in [6, 6.07) is 8.78. The summed E-state index contributed by atoms with van der Waals surface area (Å²) < 4.78 is 0. The maximum Gasteiger partial charge on any atom is 0.309 e. The van der Waals surface area contributed by atoms with Gasteiger partial charge in [-0.05, 0) is 23.0 Å². The van der Waals surface area contributed by atoms with Gasteiger partial charge in [0.15, 0.2) is 0 Å². The van der Waals surface area contributed by atoms with E-state index in [4.69, 9.17) is 5.11 Å². The highest BCUT2D eigenvalue weighted by molar-refractivity contribution is 5.71. The quantitative estimate of drug-likeness (QED) is 0.905. The normalized spacial score (nSPS) is 17.2. The Kier molecular flexibility index (Phi) is 3.95. The number of hydrogen-bond acceptors (Lipinski definition) is 2. The third kappa shape index (κ3) is 3.57. The van der Waals surface area contributed by atoms with Crippen molar-refractivity contribution in [1.29, 1.82) is 0 Å². The van der Waals surface area contributed by atoms with E-state index in [1.54, 1.807) is 0 Å². The van der Waals surface area contributed by atoms with E-state index in [-0.39, 0.29) is 11.3 Å². The summed E-state index contributed by atoms with van der Waals surface area (Å²) in [6.45, 7) is 9.01. The molecule has 1 N–H and O–H groups in total. The molecule has 1 aromatic rings. The molecule has 1 fully saturated rings. The molecule has 3 heteroatoms. The zero-order valence-electron chi connectivity index (χ0n) is 12.0. The van der Waals surface area contributed by atoms with Crippen molar-refractivity contribution in [3.8, 4) is 0 Å². The van der Waals surface area contributed by atoms with Crippen LogP contribution >= 0.6 is 0 Å². The Morgan fingerprint density at radius 1 is 1.26 bits per heavy atom. The topological polar surface area (TPSA) is 40.5 Å². The second-order valence-corrected chi connectivity index (χ2v) is 6.49. The van der Waals surface area contributed by atoms with Gasteiger partial charge in [-0.25, -0.2) is 0 Å². The van der Waals surface area contributed by atoms with Gasteiger partial charge < -0.3 is 10.0 Å². The molecule has 1 aromatic carbocycles. The minimum absolute atomic E-state index is 0.150. The van der Waals surface area contributed by atoms with Crippen LogP contribution in [0.3, 0.4) is 0 Å². The van der Waals surface area contributed by atoms with Gasteiger partial charge in [0.05, 0.1) is 5.92 Å². The number of likely N-dealkylation sites (tertiary alicyclic amines) is 1. The van der Waals surface area contributed by atoms with E-state index in [1.807, 2.05) is 0 Å². The molecule has 19 heavy (non-hydrogen) atoms. The van der Waals surface area contributed by atoms with Crippen molar-refractivity contribution in [3.05, 3.63) is 35.4 Å². The first-order valence-corrected chi connectivity index (χ1v) is 6.91. The fourth-order valence-corrected chi connectivity index (χ4v) is 2.37. The van der Waals surface area contributed by atoms with E-state index in [0.29, 0.717) is 13.1 Å². The largest absolute Gasteiger partial charge is 0.481 e. The molecule has 0 aliphatic carbocycles. The fourth-order valence-electron chi connectivity index (χ4n) is 2.37. The molecule has 1 aliphatic heterocycles. The first-order valence-electron chi connectivity index (χ1n) is 6.91. The second kappa shape index (κ2) is 5.33. The number of aliphatic carboxylic acids is 1. The van der Waals surface area contributed by atoms with Crippen LogP contribution in [-0.4, -0.2) is 35.6 Å². The molecule has 0 radical (unpaired) electrons. The van der Waals surface area contributed by atoms with Gasteiger partial charge in [-0.3, -0.25) is 4.79 Å². The smallest absolute Gasteiger partial charge is 0.309 e. The number of carbonyl (C=O) groups is 1. The van der Waals surface area contributed by atoms with Crippen molar-refractivity contribution >= 4 is 5.97 Å². The molecule has 0 atom stereocenters. The second-order valence-electron chi connectivity index (χ2n) is 6.49. The number of carboxylic acid groups (broad SMARTS) is 1. The van der Waals surface area contributed by atoms with E-state index < -0.39 is 5.97 Å². The van der Waals surface area contributed by atoms with Crippen LogP contribution < -0.4 is 0 Å². The van der Waals surface area contributed by atoms with Crippen molar-refractivity contribution in [2.45, 2.75) is 32.6 Å². The van der Waals surface area contributed by atoms with Crippen LogP contribution in [0.25, 0.3) is 0 Å². The van der Waals surface area contributed by atoms with Crippen LogP contribution in [0.2, 0.25) is 0 Å². The van der Waals surface area contributed by atoms with E-state index in [9.17, 15) is 4.79 Å². The number of hydrogen-bond donors (Lipinski definition) is 1. The molecule has 0 spiro atoms. The lowest BCUT2D eigenvalue weighted by Gasteiger charge is -2.36. The van der Waals surface area contributed by atoms with E-state index >= 15 is 0 Å². The molecule has 0 amide bonds. The summed E-state index contributed by atoms with van der Waals surface area (Å²) in [5.41, 5.74) is 2.88. The number of nitrogens with zero attached hydrogens (tertiary/aromatic N) is 1. The summed E-state index contributed by atoms with van der Waals surface area (Å²) in [6.07, 6.45) is 0.997. The third-order valence-electron chi connectivity index (χ3n) is 3.84. The Bertz CT molecular complexity index is 439. The molecular weight excluding hydrogens is 238 g/mol. The Morgan fingerprint density at radius 2 is 1.84 bits per heavy atom. The lowest BCUT2D eigenvalue weighted by Crippen LogP contribution is -2.50. The maximum atomic E-state index is 10.7. The summed E-state index contributed by atoms with van der Waals surface area (Å²) in [5, 5.41) is 8.82. The number of rotatable bonds is 4. The highest BCUT2D eigenvalue weighted by atomic mass is 16.4. The van der Waals surface area contributed by atoms with Gasteiger partial charge in [0.2, 0.25) is 0 Å². The fraction of sp³-hybridized carbons (Fsp3) is 0.562. The average Bonchev–Trinajstić information content (AvgIpc) is 2.25. The predicted molar refractivity (Wildman–Crippen MR) is 76.4 cm³/mol. The van der Waals surface area contributed by atoms with Gasteiger partial charge in [0, 0.05) is 19.6 Å². The molecule has 0 saturated carbocycles. The average molecular weight is 261 g/mol. The SMILES string of the molecule is CC(C)(C)c1ccc(CCN2CC(C(=O)O)C2)cc1. The Hall–Kier alpha value is -1.35. The molecule has 0 aromatic heterocycles. The lowest BCUT2D eigenvalue weighted by molar-refractivity contribution is -0.147. The third-order valence-corrected chi connectivity index (χ3v) is 3.84. The van der Waals surface area contributed by atoms with Crippen molar-refractivity contribution in [1.82, 2.24) is 4.90 Å². The number of benzene rings is 1. The van der Waals surface area contributed by atoms with Crippen LogP contribution in [0, 0.1) is 5.92 Å². The molecule has 1 aliphatic rings. The van der Waals surface area contributed by atoms with Crippen LogP contribution in [0.1, 0.15) is 31.9 Å².